The molecule has 32 heavy (non-hydrogen) atoms. The summed E-state index contributed by atoms with van der Waals surface area (Å²) in [7, 11) is 0. The summed E-state index contributed by atoms with van der Waals surface area (Å²) < 4.78 is 13.2. The molecule has 3 heterocycles. The quantitative estimate of drug-likeness (QED) is 0.546. The first kappa shape index (κ1) is 21.6. The van der Waals surface area contributed by atoms with Crippen molar-refractivity contribution in [3.8, 4) is 11.5 Å². The molecule has 0 spiro atoms. The van der Waals surface area contributed by atoms with E-state index >= 15 is 0 Å². The molecule has 1 aromatic carbocycles. The number of aryl methyl sites for hydroxylation is 1. The third-order valence-electron chi connectivity index (χ3n) is 5.24. The van der Waals surface area contributed by atoms with Crippen molar-refractivity contribution >= 4 is 16.9 Å². The Hall–Kier alpha value is -3.62. The maximum Gasteiger partial charge on any atom is 0.329 e. The van der Waals surface area contributed by atoms with E-state index in [4.69, 9.17) is 9.47 Å². The SMILES string of the molecule is CCCn1c(=O)[nH]c(=O)c2cc(C(=O)NCCOc3cccc4c3OC(C)(C)C4)cnc21. The number of aromatic amines is 1. The van der Waals surface area contributed by atoms with Crippen molar-refractivity contribution in [1.82, 2.24) is 19.9 Å². The van der Waals surface area contributed by atoms with Gasteiger partial charge in [-0.15, -0.1) is 0 Å². The van der Waals surface area contributed by atoms with Gasteiger partial charge in [-0.3, -0.25) is 19.1 Å². The van der Waals surface area contributed by atoms with Crippen LogP contribution in [0.15, 0.2) is 40.1 Å². The standard InChI is InChI=1S/C23H26N4O5/c1-4-9-27-19-16(21(29)26-22(27)30)11-15(13-25-19)20(28)24-8-10-31-17-7-5-6-14-12-23(2,3)32-18(14)17/h5-7,11,13H,4,8-10,12H2,1-3H3,(H,24,28)(H,26,29,30). The summed E-state index contributed by atoms with van der Waals surface area (Å²) in [5.74, 6) is 1.02. The zero-order valence-electron chi connectivity index (χ0n) is 18.4. The number of H-pyrrole nitrogens is 1. The molecule has 0 aliphatic carbocycles. The van der Waals surface area contributed by atoms with E-state index in [1.165, 1.54) is 16.8 Å². The van der Waals surface area contributed by atoms with Crippen molar-refractivity contribution in [2.24, 2.45) is 0 Å². The maximum atomic E-state index is 12.5. The van der Waals surface area contributed by atoms with Gasteiger partial charge in [-0.25, -0.2) is 9.78 Å². The van der Waals surface area contributed by atoms with Crippen molar-refractivity contribution in [2.75, 3.05) is 13.2 Å². The second-order valence-corrected chi connectivity index (χ2v) is 8.39. The topological polar surface area (TPSA) is 115 Å². The molecule has 0 unspecified atom stereocenters. The van der Waals surface area contributed by atoms with Crippen LogP contribution in [-0.2, 0) is 13.0 Å². The van der Waals surface area contributed by atoms with E-state index in [9.17, 15) is 14.4 Å². The number of pyridine rings is 1. The van der Waals surface area contributed by atoms with Crippen LogP contribution >= 0.6 is 0 Å². The number of nitrogens with one attached hydrogen (secondary N) is 2. The first-order valence-corrected chi connectivity index (χ1v) is 10.6. The number of carbonyl (C=O) groups excluding carboxylic acids is 1. The Morgan fingerprint density at radius 2 is 2.16 bits per heavy atom. The van der Waals surface area contributed by atoms with Crippen molar-refractivity contribution in [3.05, 3.63) is 62.4 Å². The number of rotatable bonds is 7. The fraction of sp³-hybridized carbons (Fsp3) is 0.391. The van der Waals surface area contributed by atoms with Gasteiger partial charge < -0.3 is 14.8 Å². The molecule has 4 rings (SSSR count). The fourth-order valence-corrected chi connectivity index (χ4v) is 3.85. The Kier molecular flexibility index (Phi) is 5.73. The number of hydrogen-bond donors (Lipinski definition) is 2. The minimum Gasteiger partial charge on any atom is -0.488 e. The molecule has 0 radical (unpaired) electrons. The molecular formula is C23H26N4O5. The Bertz CT molecular complexity index is 1290. The number of fused-ring (bicyclic) bond motifs is 2. The molecule has 2 aromatic heterocycles. The smallest absolute Gasteiger partial charge is 0.329 e. The number of carbonyl (C=O) groups is 1. The lowest BCUT2D eigenvalue weighted by molar-refractivity contribution is 0.0946. The normalized spacial score (nSPS) is 14.1. The molecule has 1 aliphatic rings. The van der Waals surface area contributed by atoms with E-state index in [1.807, 2.05) is 39.0 Å². The van der Waals surface area contributed by atoms with Crippen LogP contribution < -0.4 is 26.0 Å². The van der Waals surface area contributed by atoms with E-state index in [1.54, 1.807) is 0 Å². The average molecular weight is 438 g/mol. The fourth-order valence-electron chi connectivity index (χ4n) is 3.85. The Labute approximate surface area is 184 Å². The lowest BCUT2D eigenvalue weighted by Crippen LogP contribution is -2.32. The molecule has 9 heteroatoms. The molecule has 9 nitrogen and oxygen atoms in total. The van der Waals surface area contributed by atoms with Crippen LogP contribution in [0.4, 0.5) is 0 Å². The summed E-state index contributed by atoms with van der Waals surface area (Å²) in [5, 5.41) is 2.96. The van der Waals surface area contributed by atoms with Gasteiger partial charge in [0.25, 0.3) is 11.5 Å². The lowest BCUT2D eigenvalue weighted by Gasteiger charge is -2.18. The lowest BCUT2D eigenvalue weighted by atomic mass is 10.0. The highest BCUT2D eigenvalue weighted by Crippen LogP contribution is 2.41. The van der Waals surface area contributed by atoms with Crippen LogP contribution in [-0.4, -0.2) is 39.2 Å². The van der Waals surface area contributed by atoms with E-state index in [0.717, 1.165) is 17.7 Å². The van der Waals surface area contributed by atoms with Crippen LogP contribution in [0.1, 0.15) is 43.1 Å². The first-order chi connectivity index (χ1) is 15.3. The van der Waals surface area contributed by atoms with Gasteiger partial charge in [-0.2, -0.15) is 0 Å². The summed E-state index contributed by atoms with van der Waals surface area (Å²) in [5.41, 5.74) is 0.260. The van der Waals surface area contributed by atoms with Gasteiger partial charge in [0, 0.05) is 24.7 Å². The molecular weight excluding hydrogens is 412 g/mol. The summed E-state index contributed by atoms with van der Waals surface area (Å²) in [6.45, 7) is 6.91. The van der Waals surface area contributed by atoms with Gasteiger partial charge in [0.1, 0.15) is 17.9 Å². The highest BCUT2D eigenvalue weighted by Gasteiger charge is 2.32. The molecule has 1 amide bonds. The molecule has 3 aromatic rings. The number of hydrogen-bond acceptors (Lipinski definition) is 6. The minimum absolute atomic E-state index is 0.196. The summed E-state index contributed by atoms with van der Waals surface area (Å²) >= 11 is 0. The van der Waals surface area contributed by atoms with Gasteiger partial charge >= 0.3 is 5.69 Å². The molecule has 0 saturated carbocycles. The summed E-state index contributed by atoms with van der Waals surface area (Å²) in [4.78, 5) is 43.3. The molecule has 0 saturated heterocycles. The Balaban J connectivity index is 1.42. The van der Waals surface area contributed by atoms with Crippen LogP contribution in [0, 0.1) is 0 Å². The predicted octanol–water partition coefficient (Wildman–Crippen LogP) is 2.02. The van der Waals surface area contributed by atoms with Crippen LogP contribution in [0.25, 0.3) is 11.0 Å². The van der Waals surface area contributed by atoms with Gasteiger partial charge in [-0.05, 0) is 32.4 Å². The van der Waals surface area contributed by atoms with Crippen molar-refractivity contribution < 1.29 is 14.3 Å². The van der Waals surface area contributed by atoms with Crippen LogP contribution in [0.5, 0.6) is 11.5 Å². The second kappa shape index (κ2) is 8.49. The van der Waals surface area contributed by atoms with Gasteiger partial charge in [0.05, 0.1) is 17.5 Å². The number of nitrogens with zero attached hydrogens (tertiary/aromatic N) is 2. The zero-order valence-corrected chi connectivity index (χ0v) is 18.4. The molecule has 0 bridgehead atoms. The van der Waals surface area contributed by atoms with E-state index in [-0.39, 0.29) is 41.3 Å². The van der Waals surface area contributed by atoms with E-state index in [2.05, 4.69) is 15.3 Å². The van der Waals surface area contributed by atoms with E-state index in [0.29, 0.717) is 18.7 Å². The van der Waals surface area contributed by atoms with Crippen molar-refractivity contribution in [1.29, 1.82) is 0 Å². The van der Waals surface area contributed by atoms with Crippen molar-refractivity contribution in [3.63, 3.8) is 0 Å². The predicted molar refractivity (Wildman–Crippen MR) is 120 cm³/mol. The highest BCUT2D eigenvalue weighted by molar-refractivity contribution is 5.96. The molecule has 0 fully saturated rings. The second-order valence-electron chi connectivity index (χ2n) is 8.39. The van der Waals surface area contributed by atoms with Crippen LogP contribution in [0.2, 0.25) is 0 Å². The highest BCUT2D eigenvalue weighted by atomic mass is 16.5. The maximum absolute atomic E-state index is 12.5. The summed E-state index contributed by atoms with van der Waals surface area (Å²) in [6.07, 6.45) is 2.89. The van der Waals surface area contributed by atoms with E-state index < -0.39 is 11.2 Å². The molecule has 0 atom stereocenters. The third-order valence-corrected chi connectivity index (χ3v) is 5.24. The van der Waals surface area contributed by atoms with Crippen molar-refractivity contribution in [2.45, 2.75) is 45.8 Å². The minimum atomic E-state index is -0.566. The van der Waals surface area contributed by atoms with Gasteiger partial charge in [0.2, 0.25) is 0 Å². The largest absolute Gasteiger partial charge is 0.488 e. The molecule has 1 aliphatic heterocycles. The Morgan fingerprint density at radius 3 is 2.94 bits per heavy atom. The summed E-state index contributed by atoms with van der Waals surface area (Å²) in [6, 6.07) is 7.24. The molecule has 2 N–H and O–H groups in total. The number of para-hydroxylation sites is 1. The first-order valence-electron chi connectivity index (χ1n) is 10.6. The number of benzene rings is 1. The average Bonchev–Trinajstić information content (AvgIpc) is 3.08. The van der Waals surface area contributed by atoms with Gasteiger partial charge in [-0.1, -0.05) is 19.1 Å². The third kappa shape index (κ3) is 4.23. The zero-order chi connectivity index (χ0) is 22.9. The van der Waals surface area contributed by atoms with Crippen LogP contribution in [0.3, 0.4) is 0 Å². The molecule has 168 valence electrons. The number of aromatic nitrogens is 3. The van der Waals surface area contributed by atoms with Gasteiger partial charge in [0.15, 0.2) is 11.5 Å². The number of ether oxygens (including phenoxy) is 2. The number of amides is 1. The Morgan fingerprint density at radius 1 is 1.34 bits per heavy atom. The monoisotopic (exact) mass is 438 g/mol.